The summed E-state index contributed by atoms with van der Waals surface area (Å²) >= 11 is 0. The molecule has 0 aliphatic heterocycles. The van der Waals surface area contributed by atoms with Crippen molar-refractivity contribution in [2.75, 3.05) is 6.54 Å². The Morgan fingerprint density at radius 3 is 2.54 bits per heavy atom. The molecule has 0 aliphatic rings. The van der Waals surface area contributed by atoms with Gasteiger partial charge in [-0.05, 0) is 30.2 Å². The van der Waals surface area contributed by atoms with Crippen molar-refractivity contribution in [1.82, 2.24) is 10.3 Å². The number of carboxylic acid groups (broad SMARTS) is 1. The number of rotatable bonds is 7. The number of aromatic nitrogens is 1. The zero-order valence-electron chi connectivity index (χ0n) is 13.2. The maximum atomic E-state index is 11.5. The van der Waals surface area contributed by atoms with E-state index in [2.05, 4.69) is 22.4 Å². The number of aromatic amines is 1. The van der Waals surface area contributed by atoms with E-state index in [0.717, 1.165) is 22.9 Å². The smallest absolute Gasteiger partial charge is 0.321 e. The van der Waals surface area contributed by atoms with Gasteiger partial charge < -0.3 is 15.4 Å². The standard InChI is InChI=1S/C19H20N2O2.ClH/c22-19(23)18(20-11-10-14-6-2-1-3-7-14)12-15-13-21-17-9-5-4-8-16(15)17;/h1-9,13,18,20-21H,10-12H2,(H,22,23);1H. The van der Waals surface area contributed by atoms with Gasteiger partial charge in [0.1, 0.15) is 6.04 Å². The predicted octanol–water partition coefficient (Wildman–Crippen LogP) is 3.42. The molecule has 0 amide bonds. The van der Waals surface area contributed by atoms with Gasteiger partial charge >= 0.3 is 5.97 Å². The van der Waals surface area contributed by atoms with E-state index in [9.17, 15) is 9.90 Å². The highest BCUT2D eigenvalue weighted by molar-refractivity contribution is 5.85. The third-order valence-corrected chi connectivity index (χ3v) is 4.04. The van der Waals surface area contributed by atoms with Gasteiger partial charge in [-0.2, -0.15) is 0 Å². The van der Waals surface area contributed by atoms with Crippen molar-refractivity contribution in [1.29, 1.82) is 0 Å². The lowest BCUT2D eigenvalue weighted by molar-refractivity contribution is -0.139. The minimum Gasteiger partial charge on any atom is -0.480 e. The number of benzene rings is 2. The molecule has 3 aromatic rings. The lowest BCUT2D eigenvalue weighted by atomic mass is 10.0. The zero-order valence-corrected chi connectivity index (χ0v) is 14.1. The van der Waals surface area contributed by atoms with E-state index in [-0.39, 0.29) is 12.4 Å². The molecule has 1 heterocycles. The molecule has 0 fully saturated rings. The first-order chi connectivity index (χ1) is 11.2. The average Bonchev–Trinajstić information content (AvgIpc) is 2.98. The quantitative estimate of drug-likeness (QED) is 0.615. The second kappa shape index (κ2) is 8.52. The molecule has 3 rings (SSSR count). The fourth-order valence-electron chi connectivity index (χ4n) is 2.80. The SMILES string of the molecule is Cl.O=C(O)C(Cc1c[nH]c2ccccc12)NCCc1ccccc1. The normalized spacial score (nSPS) is 11.8. The van der Waals surface area contributed by atoms with Gasteiger partial charge in [-0.3, -0.25) is 4.79 Å². The Hall–Kier alpha value is -2.30. The van der Waals surface area contributed by atoms with Crippen molar-refractivity contribution in [2.45, 2.75) is 18.9 Å². The molecule has 0 bridgehead atoms. The first kappa shape index (κ1) is 18.0. The number of hydrogen-bond acceptors (Lipinski definition) is 2. The molecule has 0 spiro atoms. The summed E-state index contributed by atoms with van der Waals surface area (Å²) < 4.78 is 0. The van der Waals surface area contributed by atoms with Crippen LogP contribution >= 0.6 is 12.4 Å². The summed E-state index contributed by atoms with van der Waals surface area (Å²) in [7, 11) is 0. The summed E-state index contributed by atoms with van der Waals surface area (Å²) in [5.74, 6) is -0.816. The van der Waals surface area contributed by atoms with Gasteiger partial charge in [-0.15, -0.1) is 12.4 Å². The van der Waals surface area contributed by atoms with Gasteiger partial charge in [-0.25, -0.2) is 0 Å². The Kier molecular flexibility index (Phi) is 6.41. The van der Waals surface area contributed by atoms with Gasteiger partial charge in [0.2, 0.25) is 0 Å². The van der Waals surface area contributed by atoms with Crippen molar-refractivity contribution >= 4 is 29.3 Å². The Labute approximate surface area is 147 Å². The number of carbonyl (C=O) groups is 1. The molecule has 1 atom stereocenters. The van der Waals surface area contributed by atoms with Gasteiger partial charge in [0.25, 0.3) is 0 Å². The maximum Gasteiger partial charge on any atom is 0.321 e. The minimum atomic E-state index is -0.816. The third kappa shape index (κ3) is 4.37. The number of para-hydroxylation sites is 1. The number of fused-ring (bicyclic) bond motifs is 1. The molecule has 3 N–H and O–H groups in total. The van der Waals surface area contributed by atoms with Crippen molar-refractivity contribution < 1.29 is 9.90 Å². The monoisotopic (exact) mass is 344 g/mol. The van der Waals surface area contributed by atoms with Crippen LogP contribution in [0.3, 0.4) is 0 Å². The van der Waals surface area contributed by atoms with Crippen molar-refractivity contribution in [3.63, 3.8) is 0 Å². The van der Waals surface area contributed by atoms with Crippen LogP contribution in [0.15, 0.2) is 60.8 Å². The highest BCUT2D eigenvalue weighted by Crippen LogP contribution is 2.19. The molecule has 126 valence electrons. The van der Waals surface area contributed by atoms with Gasteiger partial charge in [-0.1, -0.05) is 48.5 Å². The lowest BCUT2D eigenvalue weighted by Crippen LogP contribution is -2.39. The highest BCUT2D eigenvalue weighted by atomic mass is 35.5. The fourth-order valence-corrected chi connectivity index (χ4v) is 2.80. The zero-order chi connectivity index (χ0) is 16.1. The van der Waals surface area contributed by atoms with Crippen LogP contribution in [0, 0.1) is 0 Å². The molecule has 5 heteroatoms. The van der Waals surface area contributed by atoms with Crippen LogP contribution in [0.2, 0.25) is 0 Å². The van der Waals surface area contributed by atoms with Gasteiger partial charge in [0.15, 0.2) is 0 Å². The van der Waals surface area contributed by atoms with E-state index >= 15 is 0 Å². The van der Waals surface area contributed by atoms with E-state index in [1.807, 2.05) is 48.7 Å². The predicted molar refractivity (Wildman–Crippen MR) is 98.8 cm³/mol. The third-order valence-electron chi connectivity index (χ3n) is 4.04. The number of hydrogen-bond donors (Lipinski definition) is 3. The van der Waals surface area contributed by atoms with Crippen LogP contribution in [-0.4, -0.2) is 28.6 Å². The molecule has 0 saturated heterocycles. The average molecular weight is 345 g/mol. The Balaban J connectivity index is 0.00000208. The van der Waals surface area contributed by atoms with Crippen LogP contribution in [0.4, 0.5) is 0 Å². The maximum absolute atomic E-state index is 11.5. The summed E-state index contributed by atoms with van der Waals surface area (Å²) in [6.07, 6.45) is 3.19. The summed E-state index contributed by atoms with van der Waals surface area (Å²) in [6, 6.07) is 17.4. The van der Waals surface area contributed by atoms with E-state index in [1.54, 1.807) is 0 Å². The molecule has 4 nitrogen and oxygen atoms in total. The molecule has 0 aliphatic carbocycles. The number of carboxylic acids is 1. The summed E-state index contributed by atoms with van der Waals surface area (Å²) in [5.41, 5.74) is 3.27. The molecule has 0 radical (unpaired) electrons. The number of H-pyrrole nitrogens is 1. The molecule has 2 aromatic carbocycles. The van der Waals surface area contributed by atoms with Crippen LogP contribution < -0.4 is 5.32 Å². The highest BCUT2D eigenvalue weighted by Gasteiger charge is 2.18. The largest absolute Gasteiger partial charge is 0.480 e. The molecule has 0 saturated carbocycles. The summed E-state index contributed by atoms with van der Waals surface area (Å²) in [6.45, 7) is 0.642. The molecular formula is C19H21ClN2O2. The molecule has 24 heavy (non-hydrogen) atoms. The van der Waals surface area contributed by atoms with Crippen LogP contribution in [0.25, 0.3) is 10.9 Å². The first-order valence-corrected chi connectivity index (χ1v) is 7.79. The lowest BCUT2D eigenvalue weighted by Gasteiger charge is -2.14. The molecular weight excluding hydrogens is 324 g/mol. The second-order valence-electron chi connectivity index (χ2n) is 5.64. The van der Waals surface area contributed by atoms with Crippen LogP contribution in [0.1, 0.15) is 11.1 Å². The van der Waals surface area contributed by atoms with Gasteiger partial charge in [0.05, 0.1) is 0 Å². The first-order valence-electron chi connectivity index (χ1n) is 7.79. The van der Waals surface area contributed by atoms with E-state index < -0.39 is 12.0 Å². The topological polar surface area (TPSA) is 65.1 Å². The Morgan fingerprint density at radius 1 is 1.08 bits per heavy atom. The number of nitrogens with one attached hydrogen (secondary N) is 2. The Morgan fingerprint density at radius 2 is 1.79 bits per heavy atom. The van der Waals surface area contributed by atoms with Crippen molar-refractivity contribution in [3.05, 3.63) is 71.9 Å². The van der Waals surface area contributed by atoms with E-state index in [4.69, 9.17) is 0 Å². The molecule has 1 unspecified atom stereocenters. The molecule has 1 aromatic heterocycles. The van der Waals surface area contributed by atoms with Crippen LogP contribution in [-0.2, 0) is 17.6 Å². The second-order valence-corrected chi connectivity index (χ2v) is 5.64. The minimum absolute atomic E-state index is 0. The van der Waals surface area contributed by atoms with E-state index in [1.165, 1.54) is 5.56 Å². The van der Waals surface area contributed by atoms with Crippen molar-refractivity contribution in [2.24, 2.45) is 0 Å². The van der Waals surface area contributed by atoms with Gasteiger partial charge in [0, 0.05) is 23.5 Å². The van der Waals surface area contributed by atoms with Crippen molar-refractivity contribution in [3.8, 4) is 0 Å². The van der Waals surface area contributed by atoms with Crippen LogP contribution in [0.5, 0.6) is 0 Å². The van der Waals surface area contributed by atoms with E-state index in [0.29, 0.717) is 13.0 Å². The Bertz CT molecular complexity index is 786. The number of aliphatic carboxylic acids is 1. The fraction of sp³-hybridized carbons (Fsp3) is 0.211. The number of halogens is 1. The summed E-state index contributed by atoms with van der Waals surface area (Å²) in [4.78, 5) is 14.7. The summed E-state index contributed by atoms with van der Waals surface area (Å²) in [5, 5.41) is 13.7.